The normalized spacial score (nSPS) is 12.5. The van der Waals surface area contributed by atoms with E-state index in [-0.39, 0.29) is 5.15 Å². The zero-order valence-corrected chi connectivity index (χ0v) is 7.82. The highest BCUT2D eigenvalue weighted by molar-refractivity contribution is 6.99. The molecule has 0 aliphatic heterocycles. The molecule has 0 radical (unpaired) electrons. The van der Waals surface area contributed by atoms with Crippen LogP contribution in [0.4, 0.5) is 5.82 Å². The molecule has 12 heavy (non-hydrogen) atoms. The number of rotatable bonds is 3. The minimum atomic E-state index is -0.494. The van der Waals surface area contributed by atoms with Crippen LogP contribution >= 0.6 is 23.3 Å². The molecular weight excluding hydrogens is 200 g/mol. The number of halogens is 1. The Kier molecular flexibility index (Phi) is 2.83. The van der Waals surface area contributed by atoms with Gasteiger partial charge in [0.25, 0.3) is 0 Å². The van der Waals surface area contributed by atoms with E-state index in [0.29, 0.717) is 5.82 Å². The molecule has 1 rings (SSSR count). The molecule has 5 nitrogen and oxygen atoms in total. The summed E-state index contributed by atoms with van der Waals surface area (Å²) in [6, 6.07) is -0.494. The fourth-order valence-electron chi connectivity index (χ4n) is 0.540. The number of hydrogen-bond donors (Lipinski definition) is 2. The fourth-order valence-corrected chi connectivity index (χ4v) is 1.20. The maximum Gasteiger partial charge on any atom is 0.239 e. The highest BCUT2D eigenvalue weighted by Gasteiger charge is 2.12. The van der Waals surface area contributed by atoms with Crippen LogP contribution < -0.4 is 11.1 Å². The zero-order chi connectivity index (χ0) is 9.14. The van der Waals surface area contributed by atoms with E-state index in [9.17, 15) is 4.79 Å². The Balaban J connectivity index is 2.64. The largest absolute Gasteiger partial charge is 0.368 e. The molecule has 3 N–H and O–H groups in total. The number of hydrogen-bond acceptors (Lipinski definition) is 5. The van der Waals surface area contributed by atoms with E-state index in [1.54, 1.807) is 6.92 Å². The van der Waals surface area contributed by atoms with Crippen molar-refractivity contribution in [1.29, 1.82) is 0 Å². The predicted octanol–water partition coefficient (Wildman–Crippen LogP) is 0.477. The van der Waals surface area contributed by atoms with E-state index in [4.69, 9.17) is 17.3 Å². The van der Waals surface area contributed by atoms with Crippen LogP contribution in [0.5, 0.6) is 0 Å². The Morgan fingerprint density at radius 1 is 1.75 bits per heavy atom. The van der Waals surface area contributed by atoms with E-state index in [2.05, 4.69) is 14.1 Å². The van der Waals surface area contributed by atoms with E-state index >= 15 is 0 Å². The molecule has 1 aromatic heterocycles. The molecule has 0 saturated heterocycles. The van der Waals surface area contributed by atoms with Crippen molar-refractivity contribution in [3.8, 4) is 0 Å². The molecule has 0 aliphatic rings. The summed E-state index contributed by atoms with van der Waals surface area (Å²) in [5.74, 6) is -0.0629. The van der Waals surface area contributed by atoms with Gasteiger partial charge in [-0.1, -0.05) is 11.6 Å². The van der Waals surface area contributed by atoms with Gasteiger partial charge in [0.2, 0.25) is 5.91 Å². The maximum atomic E-state index is 10.6. The first-order valence-electron chi connectivity index (χ1n) is 3.15. The van der Waals surface area contributed by atoms with Gasteiger partial charge >= 0.3 is 0 Å². The predicted molar refractivity (Wildman–Crippen MR) is 47.2 cm³/mol. The molecule has 0 aromatic carbocycles. The SMILES string of the molecule is CC(Nc1nsnc1Cl)C(N)=O. The van der Waals surface area contributed by atoms with Gasteiger partial charge in [0, 0.05) is 0 Å². The maximum absolute atomic E-state index is 10.6. The molecule has 7 heteroatoms. The summed E-state index contributed by atoms with van der Waals surface area (Å²) in [6.07, 6.45) is 0. The van der Waals surface area contributed by atoms with Crippen LogP contribution in [0.2, 0.25) is 5.15 Å². The first kappa shape index (κ1) is 9.21. The van der Waals surface area contributed by atoms with Crippen LogP contribution in [0, 0.1) is 0 Å². The molecule has 0 bridgehead atoms. The minimum absolute atomic E-state index is 0.258. The third kappa shape index (κ3) is 2.05. The first-order chi connectivity index (χ1) is 5.61. The second-order valence-electron chi connectivity index (χ2n) is 2.17. The van der Waals surface area contributed by atoms with Gasteiger partial charge in [0.15, 0.2) is 11.0 Å². The lowest BCUT2D eigenvalue weighted by Gasteiger charge is -2.07. The van der Waals surface area contributed by atoms with Gasteiger partial charge in [-0.3, -0.25) is 4.79 Å². The van der Waals surface area contributed by atoms with Crippen LogP contribution in [0.1, 0.15) is 6.92 Å². The fraction of sp³-hybridized carbons (Fsp3) is 0.400. The van der Waals surface area contributed by atoms with Crippen LogP contribution in [-0.2, 0) is 4.79 Å². The van der Waals surface area contributed by atoms with E-state index in [1.165, 1.54) is 0 Å². The van der Waals surface area contributed by atoms with Crippen molar-refractivity contribution in [2.75, 3.05) is 5.32 Å². The lowest BCUT2D eigenvalue weighted by Crippen LogP contribution is -2.32. The molecule has 0 saturated carbocycles. The van der Waals surface area contributed by atoms with Crippen LogP contribution in [0.15, 0.2) is 0 Å². The summed E-state index contributed by atoms with van der Waals surface area (Å²) < 4.78 is 7.53. The Labute approximate surface area is 78.2 Å². The van der Waals surface area contributed by atoms with Crippen molar-refractivity contribution in [2.24, 2.45) is 5.73 Å². The van der Waals surface area contributed by atoms with Crippen molar-refractivity contribution in [3.63, 3.8) is 0 Å². The van der Waals surface area contributed by atoms with Gasteiger partial charge < -0.3 is 11.1 Å². The van der Waals surface area contributed by atoms with Crippen LogP contribution in [0.25, 0.3) is 0 Å². The number of aromatic nitrogens is 2. The topological polar surface area (TPSA) is 80.9 Å². The lowest BCUT2D eigenvalue weighted by molar-refractivity contribution is -0.118. The standard InChI is InChI=1S/C5H7ClN4OS/c1-2(4(7)11)8-5-3(6)9-12-10-5/h2H,1H3,(H2,7,11)(H,8,10). The smallest absolute Gasteiger partial charge is 0.239 e. The minimum Gasteiger partial charge on any atom is -0.368 e. The average Bonchev–Trinajstić information content (AvgIpc) is 2.36. The third-order valence-corrected chi connectivity index (χ3v) is 2.12. The van der Waals surface area contributed by atoms with Crippen molar-refractivity contribution in [3.05, 3.63) is 5.15 Å². The van der Waals surface area contributed by atoms with Gasteiger partial charge in [-0.15, -0.1) is 0 Å². The molecule has 1 unspecified atom stereocenters. The number of anilines is 1. The molecular formula is C5H7ClN4OS. The van der Waals surface area contributed by atoms with Gasteiger partial charge in [-0.2, -0.15) is 8.75 Å². The Morgan fingerprint density at radius 2 is 2.42 bits per heavy atom. The van der Waals surface area contributed by atoms with Crippen LogP contribution in [0.3, 0.4) is 0 Å². The Bertz CT molecular complexity index is 289. The lowest BCUT2D eigenvalue weighted by atomic mass is 10.3. The molecule has 66 valence electrons. The Morgan fingerprint density at radius 3 is 2.83 bits per heavy atom. The number of nitrogens with zero attached hydrogens (tertiary/aromatic N) is 2. The number of carbonyl (C=O) groups excluding carboxylic acids is 1. The second kappa shape index (κ2) is 3.68. The van der Waals surface area contributed by atoms with E-state index < -0.39 is 11.9 Å². The Hall–Kier alpha value is -0.880. The monoisotopic (exact) mass is 206 g/mol. The van der Waals surface area contributed by atoms with Gasteiger partial charge in [0.1, 0.15) is 6.04 Å². The van der Waals surface area contributed by atoms with Gasteiger partial charge in [-0.05, 0) is 6.92 Å². The molecule has 1 atom stereocenters. The summed E-state index contributed by atoms with van der Waals surface area (Å²) in [5, 5.41) is 2.98. The molecule has 1 aromatic rings. The number of carbonyl (C=O) groups is 1. The van der Waals surface area contributed by atoms with E-state index in [1.807, 2.05) is 0 Å². The third-order valence-electron chi connectivity index (χ3n) is 1.23. The summed E-state index contributed by atoms with van der Waals surface area (Å²) in [5.41, 5.74) is 5.01. The van der Waals surface area contributed by atoms with Gasteiger partial charge in [0.05, 0.1) is 11.7 Å². The highest BCUT2D eigenvalue weighted by atomic mass is 35.5. The highest BCUT2D eigenvalue weighted by Crippen LogP contribution is 2.18. The van der Waals surface area contributed by atoms with Crippen molar-refractivity contribution in [2.45, 2.75) is 13.0 Å². The van der Waals surface area contributed by atoms with Crippen molar-refractivity contribution >= 4 is 35.1 Å². The van der Waals surface area contributed by atoms with E-state index in [0.717, 1.165) is 11.7 Å². The quantitative estimate of drug-likeness (QED) is 0.754. The first-order valence-corrected chi connectivity index (χ1v) is 4.26. The van der Waals surface area contributed by atoms with Crippen molar-refractivity contribution in [1.82, 2.24) is 8.75 Å². The molecule has 0 spiro atoms. The summed E-state index contributed by atoms with van der Waals surface area (Å²) in [7, 11) is 0. The number of nitrogens with two attached hydrogens (primary N) is 1. The summed E-state index contributed by atoms with van der Waals surface area (Å²) in [4.78, 5) is 10.6. The number of primary amides is 1. The number of amides is 1. The molecule has 1 amide bonds. The molecule has 0 aliphatic carbocycles. The average molecular weight is 207 g/mol. The van der Waals surface area contributed by atoms with Gasteiger partial charge in [-0.25, -0.2) is 0 Å². The molecule has 1 heterocycles. The van der Waals surface area contributed by atoms with Crippen LogP contribution in [-0.4, -0.2) is 20.7 Å². The zero-order valence-electron chi connectivity index (χ0n) is 6.24. The second-order valence-corrected chi connectivity index (χ2v) is 3.06. The summed E-state index contributed by atoms with van der Waals surface area (Å²) >= 11 is 6.58. The number of nitrogens with one attached hydrogen (secondary N) is 1. The molecule has 0 fully saturated rings. The summed E-state index contributed by atoms with van der Waals surface area (Å²) in [6.45, 7) is 1.62. The van der Waals surface area contributed by atoms with Crippen molar-refractivity contribution < 1.29 is 4.79 Å².